The van der Waals surface area contributed by atoms with Crippen LogP contribution >= 0.6 is 0 Å². The van der Waals surface area contributed by atoms with Crippen LogP contribution in [-0.2, 0) is 0 Å². The second-order valence-corrected chi connectivity index (χ2v) is 3.32. The van der Waals surface area contributed by atoms with Gasteiger partial charge in [-0.3, -0.25) is 4.79 Å². The molecule has 15 heavy (non-hydrogen) atoms. The van der Waals surface area contributed by atoms with E-state index >= 15 is 0 Å². The average molecular weight is 197 g/mol. The molecule has 0 saturated carbocycles. The highest BCUT2D eigenvalue weighted by Crippen LogP contribution is 2.21. The molecule has 0 amide bonds. The minimum absolute atomic E-state index is 0.243. The maximum atomic E-state index is 11.6. The maximum absolute atomic E-state index is 11.6. The summed E-state index contributed by atoms with van der Waals surface area (Å²) in [5.41, 5.74) is 0.335. The lowest BCUT2D eigenvalue weighted by atomic mass is 10.1. The molecule has 0 fully saturated rings. The molecule has 72 valence electrons. The predicted octanol–water partition coefficient (Wildman–Crippen LogP) is 2.34. The quantitative estimate of drug-likeness (QED) is 0.519. The number of aromatic nitrogens is 1. The van der Waals surface area contributed by atoms with Gasteiger partial charge in [0.2, 0.25) is 0 Å². The topological polar surface area (TPSA) is 43.1 Å². The van der Waals surface area contributed by atoms with Crippen LogP contribution in [0.25, 0.3) is 21.7 Å². The maximum Gasteiger partial charge on any atom is 0.284 e. The first-order chi connectivity index (χ1) is 7.36. The van der Waals surface area contributed by atoms with Gasteiger partial charge in [0.25, 0.3) is 5.56 Å². The molecule has 0 saturated heterocycles. The Hall–Kier alpha value is -2.16. The summed E-state index contributed by atoms with van der Waals surface area (Å²) in [6, 6.07) is 11.4. The zero-order chi connectivity index (χ0) is 10.3. The highest BCUT2D eigenvalue weighted by Gasteiger charge is 2.05. The van der Waals surface area contributed by atoms with E-state index in [2.05, 4.69) is 4.98 Å². The van der Waals surface area contributed by atoms with Gasteiger partial charge in [-0.1, -0.05) is 30.3 Å². The van der Waals surface area contributed by atoms with E-state index in [-0.39, 0.29) is 5.56 Å². The summed E-state index contributed by atoms with van der Waals surface area (Å²) in [4.78, 5) is 15.3. The van der Waals surface area contributed by atoms with E-state index in [1.807, 2.05) is 30.3 Å². The molecular formula is C12H7NO2. The first kappa shape index (κ1) is 8.17. The third-order valence-corrected chi connectivity index (χ3v) is 2.45. The average Bonchev–Trinajstić information content (AvgIpc) is 2.29. The Kier molecular flexibility index (Phi) is 1.59. The lowest BCUT2D eigenvalue weighted by molar-refractivity contribution is 0.577. The molecule has 0 unspecified atom stereocenters. The molecule has 3 aromatic rings. The zero-order valence-corrected chi connectivity index (χ0v) is 7.81. The molecule has 2 aromatic carbocycles. The van der Waals surface area contributed by atoms with Gasteiger partial charge < -0.3 is 4.42 Å². The van der Waals surface area contributed by atoms with Crippen LogP contribution in [-0.4, -0.2) is 4.98 Å². The van der Waals surface area contributed by atoms with E-state index in [1.165, 1.54) is 6.39 Å². The summed E-state index contributed by atoms with van der Waals surface area (Å²) in [7, 11) is 0. The van der Waals surface area contributed by atoms with Gasteiger partial charge in [0.15, 0.2) is 6.39 Å². The van der Waals surface area contributed by atoms with Crippen molar-refractivity contribution < 1.29 is 4.42 Å². The largest absolute Gasteiger partial charge is 0.445 e. The van der Waals surface area contributed by atoms with Gasteiger partial charge >= 0.3 is 0 Å². The Morgan fingerprint density at radius 1 is 1.07 bits per heavy atom. The van der Waals surface area contributed by atoms with Gasteiger partial charge in [0.05, 0.1) is 5.39 Å². The summed E-state index contributed by atoms with van der Waals surface area (Å²) in [6.07, 6.45) is 1.18. The van der Waals surface area contributed by atoms with Crippen molar-refractivity contribution in [3.63, 3.8) is 0 Å². The first-order valence-corrected chi connectivity index (χ1v) is 4.61. The Morgan fingerprint density at radius 2 is 1.93 bits per heavy atom. The molecule has 0 bridgehead atoms. The van der Waals surface area contributed by atoms with Crippen LogP contribution in [0.2, 0.25) is 0 Å². The standard InChI is InChI=1S/C12H7NO2/c14-12-11-9-4-2-1-3-8(9)5-6-10(11)15-7-13-12/h1-7H. The molecule has 1 aromatic heterocycles. The van der Waals surface area contributed by atoms with Crippen LogP contribution in [0, 0.1) is 0 Å². The molecule has 0 spiro atoms. The fourth-order valence-corrected chi connectivity index (χ4v) is 1.77. The number of fused-ring (bicyclic) bond motifs is 3. The van der Waals surface area contributed by atoms with Gasteiger partial charge in [-0.15, -0.1) is 0 Å². The minimum Gasteiger partial charge on any atom is -0.445 e. The smallest absolute Gasteiger partial charge is 0.284 e. The Morgan fingerprint density at radius 3 is 2.87 bits per heavy atom. The van der Waals surface area contributed by atoms with Crippen molar-refractivity contribution in [2.75, 3.05) is 0 Å². The molecule has 0 aliphatic heterocycles. The van der Waals surface area contributed by atoms with Crippen molar-refractivity contribution >= 4 is 21.7 Å². The number of hydrogen-bond acceptors (Lipinski definition) is 3. The van der Waals surface area contributed by atoms with Crippen LogP contribution in [0.15, 0.2) is 52.0 Å². The Balaban J connectivity index is 2.70. The van der Waals surface area contributed by atoms with Crippen molar-refractivity contribution in [1.29, 1.82) is 0 Å². The summed E-state index contributed by atoms with van der Waals surface area (Å²) in [5, 5.41) is 2.46. The molecule has 3 nitrogen and oxygen atoms in total. The van der Waals surface area contributed by atoms with Crippen molar-refractivity contribution in [1.82, 2.24) is 4.98 Å². The SMILES string of the molecule is O=c1ncoc2ccc3ccccc3c12. The number of hydrogen-bond donors (Lipinski definition) is 0. The van der Waals surface area contributed by atoms with E-state index in [1.54, 1.807) is 6.07 Å². The van der Waals surface area contributed by atoms with Gasteiger partial charge in [-0.25, -0.2) is 0 Å². The molecule has 0 aliphatic rings. The van der Waals surface area contributed by atoms with Gasteiger partial charge in [-0.2, -0.15) is 4.98 Å². The van der Waals surface area contributed by atoms with Crippen LogP contribution in [0.5, 0.6) is 0 Å². The van der Waals surface area contributed by atoms with Gasteiger partial charge in [-0.05, 0) is 16.8 Å². The summed E-state index contributed by atoms with van der Waals surface area (Å²) in [5.74, 6) is 0. The molecule has 0 radical (unpaired) electrons. The van der Waals surface area contributed by atoms with Crippen molar-refractivity contribution in [2.45, 2.75) is 0 Å². The molecule has 0 N–H and O–H groups in total. The fourth-order valence-electron chi connectivity index (χ4n) is 1.77. The Labute approximate surface area is 85.0 Å². The second kappa shape index (κ2) is 2.92. The molecule has 3 rings (SSSR count). The highest BCUT2D eigenvalue weighted by atomic mass is 16.3. The lowest BCUT2D eigenvalue weighted by Crippen LogP contribution is -2.04. The normalized spacial score (nSPS) is 10.9. The second-order valence-electron chi connectivity index (χ2n) is 3.32. The molecular weight excluding hydrogens is 190 g/mol. The molecule has 3 heteroatoms. The summed E-state index contributed by atoms with van der Waals surface area (Å²) >= 11 is 0. The van der Waals surface area contributed by atoms with Crippen LogP contribution in [0.3, 0.4) is 0 Å². The zero-order valence-electron chi connectivity index (χ0n) is 7.81. The fraction of sp³-hybridized carbons (Fsp3) is 0. The molecule has 0 atom stereocenters. The minimum atomic E-state index is -0.243. The van der Waals surface area contributed by atoms with E-state index in [0.717, 1.165) is 10.8 Å². The monoisotopic (exact) mass is 197 g/mol. The van der Waals surface area contributed by atoms with E-state index in [0.29, 0.717) is 11.0 Å². The first-order valence-electron chi connectivity index (χ1n) is 4.61. The van der Waals surface area contributed by atoms with Crippen LogP contribution in [0.4, 0.5) is 0 Å². The van der Waals surface area contributed by atoms with E-state index in [9.17, 15) is 4.79 Å². The predicted molar refractivity (Wildman–Crippen MR) is 57.8 cm³/mol. The third-order valence-electron chi connectivity index (χ3n) is 2.45. The van der Waals surface area contributed by atoms with Crippen LogP contribution < -0.4 is 5.56 Å². The van der Waals surface area contributed by atoms with Crippen molar-refractivity contribution in [3.8, 4) is 0 Å². The highest BCUT2D eigenvalue weighted by molar-refractivity contribution is 6.04. The van der Waals surface area contributed by atoms with E-state index < -0.39 is 0 Å². The van der Waals surface area contributed by atoms with Crippen molar-refractivity contribution in [2.24, 2.45) is 0 Å². The number of rotatable bonds is 0. The van der Waals surface area contributed by atoms with Gasteiger partial charge in [0, 0.05) is 0 Å². The van der Waals surface area contributed by atoms with Gasteiger partial charge in [0.1, 0.15) is 5.58 Å². The van der Waals surface area contributed by atoms with Crippen molar-refractivity contribution in [3.05, 3.63) is 53.1 Å². The number of nitrogens with zero attached hydrogens (tertiary/aromatic N) is 1. The molecule has 0 aliphatic carbocycles. The number of benzene rings is 2. The third kappa shape index (κ3) is 1.13. The lowest BCUT2D eigenvalue weighted by Gasteiger charge is -2.00. The van der Waals surface area contributed by atoms with E-state index in [4.69, 9.17) is 4.42 Å². The summed E-state index contributed by atoms with van der Waals surface area (Å²) < 4.78 is 5.19. The van der Waals surface area contributed by atoms with Crippen LogP contribution in [0.1, 0.15) is 0 Å². The summed E-state index contributed by atoms with van der Waals surface area (Å²) in [6.45, 7) is 0. The molecule has 1 heterocycles. The Bertz CT molecular complexity index is 700.